The quantitative estimate of drug-likeness (QED) is 0.781. The highest BCUT2D eigenvalue weighted by Crippen LogP contribution is 2.25. The van der Waals surface area contributed by atoms with Gasteiger partial charge in [0, 0.05) is 25.3 Å². The maximum atomic E-state index is 4.42. The van der Waals surface area contributed by atoms with Crippen molar-refractivity contribution in [3.63, 3.8) is 0 Å². The third kappa shape index (κ3) is 2.82. The van der Waals surface area contributed by atoms with Crippen molar-refractivity contribution in [1.29, 1.82) is 0 Å². The molecule has 3 heteroatoms. The Labute approximate surface area is 125 Å². The smallest absolute Gasteiger partial charge is 0.0927 e. The number of hydrogen-bond acceptors (Lipinski definition) is 2. The minimum absolute atomic E-state index is 0.968. The minimum Gasteiger partial charge on any atom is -0.378 e. The molecule has 2 aromatic carbocycles. The molecule has 3 rings (SSSR count). The largest absolute Gasteiger partial charge is 0.378 e. The van der Waals surface area contributed by atoms with E-state index in [0.29, 0.717) is 0 Å². The van der Waals surface area contributed by atoms with E-state index in [4.69, 9.17) is 0 Å². The molecule has 3 nitrogen and oxygen atoms in total. The molecule has 0 fully saturated rings. The number of rotatable bonds is 3. The zero-order valence-corrected chi connectivity index (χ0v) is 12.6. The number of aromatic amines is 1. The summed E-state index contributed by atoms with van der Waals surface area (Å²) >= 11 is 0. The molecule has 1 heterocycles. The molecule has 3 aromatic rings. The third-order valence-electron chi connectivity index (χ3n) is 3.62. The van der Waals surface area contributed by atoms with E-state index in [0.717, 1.165) is 22.5 Å². The Hall–Kier alpha value is -2.55. The summed E-state index contributed by atoms with van der Waals surface area (Å²) in [6.45, 7) is 2.09. The van der Waals surface area contributed by atoms with Gasteiger partial charge >= 0.3 is 0 Å². The van der Waals surface area contributed by atoms with Gasteiger partial charge in [0.2, 0.25) is 0 Å². The highest BCUT2D eigenvalue weighted by molar-refractivity contribution is 5.69. The normalized spacial score (nSPS) is 10.6. The molecule has 21 heavy (non-hydrogen) atoms. The summed E-state index contributed by atoms with van der Waals surface area (Å²) in [5.74, 6) is 0. The van der Waals surface area contributed by atoms with Crippen molar-refractivity contribution in [3.05, 3.63) is 60.2 Å². The van der Waals surface area contributed by atoms with Gasteiger partial charge in [-0.1, -0.05) is 42.0 Å². The van der Waals surface area contributed by atoms with Crippen LogP contribution < -0.4 is 4.90 Å². The van der Waals surface area contributed by atoms with Crippen LogP contribution in [0.3, 0.4) is 0 Å². The lowest BCUT2D eigenvalue weighted by Crippen LogP contribution is -2.07. The number of aryl methyl sites for hydroxylation is 1. The number of nitrogens with one attached hydrogen (secondary N) is 1. The number of anilines is 1. The first-order valence-corrected chi connectivity index (χ1v) is 7.04. The SMILES string of the molecule is Cc1ccc(-c2cc(-c3ccc(N(C)C)cc3)n[nH]2)cc1. The van der Waals surface area contributed by atoms with Crippen LogP contribution in [-0.2, 0) is 0 Å². The summed E-state index contributed by atoms with van der Waals surface area (Å²) in [5, 5.41) is 7.54. The molecular weight excluding hydrogens is 258 g/mol. The Morgan fingerprint density at radius 2 is 1.48 bits per heavy atom. The molecule has 0 aliphatic carbocycles. The lowest BCUT2D eigenvalue weighted by molar-refractivity contribution is 1.10. The average molecular weight is 277 g/mol. The monoisotopic (exact) mass is 277 g/mol. The fourth-order valence-electron chi connectivity index (χ4n) is 2.28. The molecular formula is C18H19N3. The van der Waals surface area contributed by atoms with Crippen LogP contribution in [0.1, 0.15) is 5.56 Å². The second-order valence-corrected chi connectivity index (χ2v) is 5.47. The first kappa shape index (κ1) is 13.4. The summed E-state index contributed by atoms with van der Waals surface area (Å²) in [4.78, 5) is 2.09. The lowest BCUT2D eigenvalue weighted by atomic mass is 10.1. The van der Waals surface area contributed by atoms with Crippen molar-refractivity contribution in [2.45, 2.75) is 6.92 Å². The molecule has 0 amide bonds. The third-order valence-corrected chi connectivity index (χ3v) is 3.62. The fourth-order valence-corrected chi connectivity index (χ4v) is 2.28. The van der Waals surface area contributed by atoms with E-state index >= 15 is 0 Å². The fraction of sp³-hybridized carbons (Fsp3) is 0.167. The van der Waals surface area contributed by atoms with Crippen LogP contribution >= 0.6 is 0 Å². The van der Waals surface area contributed by atoms with Crippen LogP contribution in [0.2, 0.25) is 0 Å². The van der Waals surface area contributed by atoms with Crippen molar-refractivity contribution in [1.82, 2.24) is 10.2 Å². The number of aromatic nitrogens is 2. The number of hydrogen-bond donors (Lipinski definition) is 1. The van der Waals surface area contributed by atoms with Crippen molar-refractivity contribution in [2.24, 2.45) is 0 Å². The van der Waals surface area contributed by atoms with Crippen LogP contribution in [0.4, 0.5) is 5.69 Å². The van der Waals surface area contributed by atoms with Gasteiger partial charge in [-0.3, -0.25) is 5.10 Å². The standard InChI is InChI=1S/C18H19N3/c1-13-4-6-14(7-5-13)17-12-18(20-19-17)15-8-10-16(11-9-15)21(2)3/h4-12H,1-3H3,(H,19,20). The molecule has 0 aliphatic heterocycles. The molecule has 106 valence electrons. The van der Waals surface area contributed by atoms with E-state index in [1.54, 1.807) is 0 Å². The second-order valence-electron chi connectivity index (χ2n) is 5.47. The average Bonchev–Trinajstić information content (AvgIpc) is 2.98. The number of H-pyrrole nitrogens is 1. The van der Waals surface area contributed by atoms with Gasteiger partial charge in [-0.2, -0.15) is 5.10 Å². The van der Waals surface area contributed by atoms with E-state index in [9.17, 15) is 0 Å². The second kappa shape index (κ2) is 5.44. The van der Waals surface area contributed by atoms with Gasteiger partial charge in [0.15, 0.2) is 0 Å². The van der Waals surface area contributed by atoms with E-state index in [1.165, 1.54) is 11.3 Å². The van der Waals surface area contributed by atoms with E-state index in [-0.39, 0.29) is 0 Å². The van der Waals surface area contributed by atoms with Crippen LogP contribution in [0.5, 0.6) is 0 Å². The van der Waals surface area contributed by atoms with Crippen molar-refractivity contribution < 1.29 is 0 Å². The minimum atomic E-state index is 0.968. The highest BCUT2D eigenvalue weighted by atomic mass is 15.1. The Bertz CT molecular complexity index is 722. The van der Waals surface area contributed by atoms with Crippen molar-refractivity contribution in [2.75, 3.05) is 19.0 Å². The molecule has 0 aliphatic rings. The molecule has 0 radical (unpaired) electrons. The maximum Gasteiger partial charge on any atom is 0.0927 e. The van der Waals surface area contributed by atoms with Gasteiger partial charge in [-0.15, -0.1) is 0 Å². The van der Waals surface area contributed by atoms with E-state index < -0.39 is 0 Å². The summed E-state index contributed by atoms with van der Waals surface area (Å²) in [7, 11) is 4.08. The van der Waals surface area contributed by atoms with Gasteiger partial charge in [0.05, 0.1) is 11.4 Å². The molecule has 1 N–H and O–H groups in total. The summed E-state index contributed by atoms with van der Waals surface area (Å²) in [6.07, 6.45) is 0. The molecule has 0 spiro atoms. The van der Waals surface area contributed by atoms with Crippen molar-refractivity contribution in [3.8, 4) is 22.5 Å². The highest BCUT2D eigenvalue weighted by Gasteiger charge is 2.06. The zero-order valence-electron chi connectivity index (χ0n) is 12.6. The molecule has 0 saturated carbocycles. The Morgan fingerprint density at radius 3 is 2.10 bits per heavy atom. The molecule has 0 bridgehead atoms. The molecule has 1 aromatic heterocycles. The molecule has 0 saturated heterocycles. The maximum absolute atomic E-state index is 4.42. The van der Waals surface area contributed by atoms with Gasteiger partial charge in [0.1, 0.15) is 0 Å². The first-order valence-electron chi connectivity index (χ1n) is 7.04. The van der Waals surface area contributed by atoms with Crippen LogP contribution in [0.25, 0.3) is 22.5 Å². The lowest BCUT2D eigenvalue weighted by Gasteiger charge is -2.11. The number of nitrogens with zero attached hydrogens (tertiary/aromatic N) is 2. The first-order chi connectivity index (χ1) is 10.1. The molecule has 0 unspecified atom stereocenters. The van der Waals surface area contributed by atoms with Gasteiger partial charge in [-0.05, 0) is 30.7 Å². The summed E-state index contributed by atoms with van der Waals surface area (Å²) < 4.78 is 0. The predicted octanol–water partition coefficient (Wildman–Crippen LogP) is 4.12. The summed E-state index contributed by atoms with van der Waals surface area (Å²) in [5.41, 5.74) is 6.74. The van der Waals surface area contributed by atoms with Crippen LogP contribution in [0.15, 0.2) is 54.6 Å². The Balaban J connectivity index is 1.89. The molecule has 0 atom stereocenters. The topological polar surface area (TPSA) is 31.9 Å². The predicted molar refractivity (Wildman–Crippen MR) is 88.5 cm³/mol. The van der Waals surface area contributed by atoms with Gasteiger partial charge in [-0.25, -0.2) is 0 Å². The van der Waals surface area contributed by atoms with Crippen LogP contribution in [-0.4, -0.2) is 24.3 Å². The zero-order chi connectivity index (χ0) is 14.8. The van der Waals surface area contributed by atoms with E-state index in [1.807, 2.05) is 14.1 Å². The van der Waals surface area contributed by atoms with Crippen molar-refractivity contribution >= 4 is 5.69 Å². The number of benzene rings is 2. The van der Waals surface area contributed by atoms with Crippen LogP contribution in [0, 0.1) is 6.92 Å². The Morgan fingerprint density at radius 1 is 0.857 bits per heavy atom. The summed E-state index contributed by atoms with van der Waals surface area (Å²) in [6, 6.07) is 19.0. The van der Waals surface area contributed by atoms with Gasteiger partial charge in [0.25, 0.3) is 0 Å². The van der Waals surface area contributed by atoms with E-state index in [2.05, 4.69) is 76.6 Å². The Kier molecular flexibility index (Phi) is 3.48. The van der Waals surface area contributed by atoms with Gasteiger partial charge < -0.3 is 4.90 Å².